The minimum Gasteiger partial charge on any atom is -0.380 e. The average molecular weight is 400 g/mol. The van der Waals surface area contributed by atoms with Gasteiger partial charge in [0.2, 0.25) is 0 Å². The van der Waals surface area contributed by atoms with Crippen LogP contribution >= 0.6 is 0 Å². The summed E-state index contributed by atoms with van der Waals surface area (Å²) in [6.07, 6.45) is 10.9. The quantitative estimate of drug-likeness (QED) is 0.764. The zero-order valence-corrected chi connectivity index (χ0v) is 17.7. The van der Waals surface area contributed by atoms with Crippen molar-refractivity contribution in [2.75, 3.05) is 32.8 Å². The highest BCUT2D eigenvalue weighted by Gasteiger charge is 2.28. The summed E-state index contributed by atoms with van der Waals surface area (Å²) < 4.78 is 5.50. The molecule has 0 aromatic heterocycles. The summed E-state index contributed by atoms with van der Waals surface area (Å²) in [6, 6.07) is 9.95. The van der Waals surface area contributed by atoms with Gasteiger partial charge in [-0.2, -0.15) is 0 Å². The maximum absolute atomic E-state index is 12.2. The zero-order chi connectivity index (χ0) is 19.9. The number of amides is 2. The molecule has 1 aromatic rings. The summed E-state index contributed by atoms with van der Waals surface area (Å²) >= 11 is 0. The Morgan fingerprint density at radius 2 is 1.76 bits per heavy atom. The van der Waals surface area contributed by atoms with Gasteiger partial charge in [-0.3, -0.25) is 4.90 Å². The van der Waals surface area contributed by atoms with Gasteiger partial charge in [-0.1, -0.05) is 43.5 Å². The lowest BCUT2D eigenvalue weighted by molar-refractivity contribution is 0.118. The third kappa shape index (κ3) is 5.95. The summed E-state index contributed by atoms with van der Waals surface area (Å²) in [6.45, 7) is 4.58. The van der Waals surface area contributed by atoms with E-state index in [1.807, 2.05) is 0 Å². The first kappa shape index (κ1) is 20.7. The smallest absolute Gasteiger partial charge is 0.315 e. The molecular weight excluding hydrogens is 362 g/mol. The average Bonchev–Trinajstić information content (AvgIpc) is 3.30. The summed E-state index contributed by atoms with van der Waals surface area (Å²) in [5.74, 6) is 0.759. The third-order valence-electron chi connectivity index (χ3n) is 7.04. The molecule has 0 bridgehead atoms. The maximum Gasteiger partial charge on any atom is 0.315 e. The van der Waals surface area contributed by atoms with Gasteiger partial charge in [-0.05, 0) is 55.6 Å². The summed E-state index contributed by atoms with van der Waals surface area (Å²) in [4.78, 5) is 14.8. The molecular formula is C24H37N3O2. The largest absolute Gasteiger partial charge is 0.380 e. The molecule has 2 amide bonds. The van der Waals surface area contributed by atoms with Crippen LogP contribution in [0, 0.1) is 0 Å². The van der Waals surface area contributed by atoms with E-state index in [1.54, 1.807) is 0 Å². The van der Waals surface area contributed by atoms with E-state index >= 15 is 0 Å². The van der Waals surface area contributed by atoms with Crippen LogP contribution in [0.5, 0.6) is 0 Å². The Hall–Kier alpha value is -1.59. The molecule has 1 atom stereocenters. The minimum atomic E-state index is -0.0218. The second-order valence-electron chi connectivity index (χ2n) is 9.05. The lowest BCUT2D eigenvalue weighted by atomic mass is 9.84. The van der Waals surface area contributed by atoms with E-state index in [0.29, 0.717) is 18.6 Å². The molecule has 2 aliphatic heterocycles. The van der Waals surface area contributed by atoms with E-state index in [2.05, 4.69) is 39.8 Å². The molecule has 2 heterocycles. The van der Waals surface area contributed by atoms with Gasteiger partial charge in [0, 0.05) is 38.3 Å². The topological polar surface area (TPSA) is 53.6 Å². The highest BCUT2D eigenvalue weighted by molar-refractivity contribution is 5.74. The van der Waals surface area contributed by atoms with Crippen LogP contribution in [-0.2, 0) is 11.2 Å². The number of carbonyl (C=O) groups excluding carboxylic acids is 1. The Labute approximate surface area is 175 Å². The Bertz CT molecular complexity index is 628. The first-order chi connectivity index (χ1) is 14.3. The van der Waals surface area contributed by atoms with Crippen LogP contribution in [0.2, 0.25) is 0 Å². The molecule has 1 saturated carbocycles. The second-order valence-corrected chi connectivity index (χ2v) is 9.05. The van der Waals surface area contributed by atoms with Crippen molar-refractivity contribution in [3.05, 3.63) is 35.4 Å². The number of urea groups is 1. The van der Waals surface area contributed by atoms with Crippen molar-refractivity contribution in [3.63, 3.8) is 0 Å². The van der Waals surface area contributed by atoms with Crippen molar-refractivity contribution in [3.8, 4) is 0 Å². The predicted octanol–water partition coefficient (Wildman–Crippen LogP) is 3.83. The fourth-order valence-corrected chi connectivity index (χ4v) is 5.17. The molecule has 1 aromatic carbocycles. The van der Waals surface area contributed by atoms with E-state index < -0.39 is 0 Å². The van der Waals surface area contributed by atoms with Crippen molar-refractivity contribution in [2.24, 2.45) is 0 Å². The van der Waals surface area contributed by atoms with Crippen LogP contribution in [0.25, 0.3) is 0 Å². The van der Waals surface area contributed by atoms with Crippen molar-refractivity contribution in [1.82, 2.24) is 15.5 Å². The molecule has 3 fully saturated rings. The fraction of sp³-hybridized carbons (Fsp3) is 0.708. The van der Waals surface area contributed by atoms with Gasteiger partial charge in [-0.25, -0.2) is 4.79 Å². The van der Waals surface area contributed by atoms with Crippen molar-refractivity contribution >= 4 is 6.03 Å². The molecule has 0 radical (unpaired) electrons. The summed E-state index contributed by atoms with van der Waals surface area (Å²) in [5, 5.41) is 6.20. The number of likely N-dealkylation sites (tertiary alicyclic amines) is 1. The fourth-order valence-electron chi connectivity index (χ4n) is 5.17. The van der Waals surface area contributed by atoms with E-state index in [4.69, 9.17) is 4.74 Å². The lowest BCUT2D eigenvalue weighted by Gasteiger charge is -2.35. The number of nitrogens with one attached hydrogen (secondary N) is 2. The van der Waals surface area contributed by atoms with Gasteiger partial charge in [0.25, 0.3) is 0 Å². The Morgan fingerprint density at radius 1 is 1.00 bits per heavy atom. The van der Waals surface area contributed by atoms with Crippen LogP contribution < -0.4 is 10.6 Å². The Morgan fingerprint density at radius 3 is 2.45 bits per heavy atom. The van der Waals surface area contributed by atoms with Crippen LogP contribution in [-0.4, -0.2) is 55.9 Å². The monoisotopic (exact) mass is 399 g/mol. The Balaban J connectivity index is 1.12. The predicted molar refractivity (Wildman–Crippen MR) is 116 cm³/mol. The number of nitrogens with zero attached hydrogens (tertiary/aromatic N) is 1. The molecule has 5 nitrogen and oxygen atoms in total. The number of hydrogen-bond donors (Lipinski definition) is 2. The summed E-state index contributed by atoms with van der Waals surface area (Å²) in [7, 11) is 0. The van der Waals surface area contributed by atoms with Crippen LogP contribution in [0.1, 0.15) is 68.4 Å². The lowest BCUT2D eigenvalue weighted by Crippen LogP contribution is -2.50. The normalized spacial score (nSPS) is 24.5. The molecule has 29 heavy (non-hydrogen) atoms. The first-order valence-electron chi connectivity index (χ1n) is 11.7. The molecule has 3 aliphatic rings. The molecule has 0 spiro atoms. The SMILES string of the molecule is O=C(NCCc1ccc(C2CCCCC2)cc1)NC1CCN(C2CCOC2)CC1. The van der Waals surface area contributed by atoms with Crippen LogP contribution in [0.15, 0.2) is 24.3 Å². The Kier molecular flexibility index (Phi) is 7.44. The molecule has 5 heteroatoms. The van der Waals surface area contributed by atoms with Gasteiger partial charge in [0.1, 0.15) is 0 Å². The van der Waals surface area contributed by atoms with Crippen LogP contribution in [0.3, 0.4) is 0 Å². The molecule has 1 unspecified atom stereocenters. The van der Waals surface area contributed by atoms with Gasteiger partial charge in [0.15, 0.2) is 0 Å². The maximum atomic E-state index is 12.2. The van der Waals surface area contributed by atoms with Crippen LogP contribution in [0.4, 0.5) is 4.79 Å². The molecule has 4 rings (SSSR count). The molecule has 2 saturated heterocycles. The number of piperidine rings is 1. The standard InChI is InChI=1S/C24H37N3O2/c28-24(26-22-11-15-27(16-12-22)23-13-17-29-18-23)25-14-10-19-6-8-21(9-7-19)20-4-2-1-3-5-20/h6-9,20,22-23H,1-5,10-18H2,(H2,25,26,28). The van der Waals surface area contributed by atoms with Gasteiger partial charge in [-0.15, -0.1) is 0 Å². The van der Waals surface area contributed by atoms with E-state index in [9.17, 15) is 4.79 Å². The van der Waals surface area contributed by atoms with Crippen molar-refractivity contribution < 1.29 is 9.53 Å². The number of carbonyl (C=O) groups is 1. The van der Waals surface area contributed by atoms with Crippen molar-refractivity contribution in [2.45, 2.75) is 75.8 Å². The van der Waals surface area contributed by atoms with E-state index in [0.717, 1.165) is 57.9 Å². The number of hydrogen-bond acceptors (Lipinski definition) is 3. The van der Waals surface area contributed by atoms with Crippen molar-refractivity contribution in [1.29, 1.82) is 0 Å². The third-order valence-corrected chi connectivity index (χ3v) is 7.04. The number of rotatable bonds is 6. The first-order valence-corrected chi connectivity index (χ1v) is 11.7. The summed E-state index contributed by atoms with van der Waals surface area (Å²) in [5.41, 5.74) is 2.80. The van der Waals surface area contributed by atoms with Gasteiger partial charge < -0.3 is 15.4 Å². The minimum absolute atomic E-state index is 0.0218. The van der Waals surface area contributed by atoms with Gasteiger partial charge in [0.05, 0.1) is 6.61 Å². The molecule has 1 aliphatic carbocycles. The second kappa shape index (κ2) is 10.4. The van der Waals surface area contributed by atoms with Gasteiger partial charge >= 0.3 is 6.03 Å². The number of ether oxygens (including phenoxy) is 1. The zero-order valence-electron chi connectivity index (χ0n) is 17.7. The highest BCUT2D eigenvalue weighted by Crippen LogP contribution is 2.32. The van der Waals surface area contributed by atoms with E-state index in [-0.39, 0.29) is 6.03 Å². The van der Waals surface area contributed by atoms with E-state index in [1.165, 1.54) is 43.2 Å². The number of benzene rings is 1. The highest BCUT2D eigenvalue weighted by atomic mass is 16.5. The molecule has 2 N–H and O–H groups in total. The molecule has 160 valence electrons.